The number of benzene rings is 1. The van der Waals surface area contributed by atoms with Crippen molar-refractivity contribution in [3.63, 3.8) is 0 Å². The molecule has 0 aliphatic rings. The fourth-order valence-corrected chi connectivity index (χ4v) is 1.88. The van der Waals surface area contributed by atoms with Gasteiger partial charge in [-0.05, 0) is 38.8 Å². The standard InChI is InChI=1S/C12H16Br2/c1-8-5-10(9(2)13)7-11(6-8)12(3,4)14/h5-7,9H,1-4H3. The molecule has 0 aliphatic heterocycles. The Hall–Kier alpha value is 0.180. The van der Waals surface area contributed by atoms with Gasteiger partial charge in [-0.2, -0.15) is 0 Å². The summed E-state index contributed by atoms with van der Waals surface area (Å²) in [5, 5.41) is 0. The van der Waals surface area contributed by atoms with Crippen molar-refractivity contribution in [1.29, 1.82) is 0 Å². The van der Waals surface area contributed by atoms with Gasteiger partial charge in [0.2, 0.25) is 0 Å². The summed E-state index contributed by atoms with van der Waals surface area (Å²) in [6, 6.07) is 6.70. The molecule has 1 aromatic rings. The van der Waals surface area contributed by atoms with E-state index in [0.717, 1.165) is 0 Å². The molecular weight excluding hydrogens is 304 g/mol. The van der Waals surface area contributed by atoms with E-state index in [9.17, 15) is 0 Å². The van der Waals surface area contributed by atoms with Crippen LogP contribution in [-0.4, -0.2) is 0 Å². The van der Waals surface area contributed by atoms with Crippen LogP contribution in [0.1, 0.15) is 42.3 Å². The molecule has 1 aromatic carbocycles. The number of halogens is 2. The smallest absolute Gasteiger partial charge is 0.0450 e. The molecule has 1 rings (SSSR count). The average molecular weight is 320 g/mol. The molecule has 14 heavy (non-hydrogen) atoms. The van der Waals surface area contributed by atoms with E-state index in [4.69, 9.17) is 0 Å². The number of hydrogen-bond donors (Lipinski definition) is 0. The predicted molar refractivity (Wildman–Crippen MR) is 70.5 cm³/mol. The number of hydrogen-bond acceptors (Lipinski definition) is 0. The van der Waals surface area contributed by atoms with E-state index >= 15 is 0 Å². The predicted octanol–water partition coefficient (Wildman–Crippen LogP) is 5.08. The van der Waals surface area contributed by atoms with Crippen LogP contribution in [0.2, 0.25) is 0 Å². The maximum atomic E-state index is 3.69. The summed E-state index contributed by atoms with van der Waals surface area (Å²) in [6.45, 7) is 8.63. The molecular formula is C12H16Br2. The second kappa shape index (κ2) is 4.36. The van der Waals surface area contributed by atoms with Crippen molar-refractivity contribution >= 4 is 31.9 Å². The normalized spacial score (nSPS) is 14.1. The summed E-state index contributed by atoms with van der Waals surface area (Å²) < 4.78 is 0.0513. The van der Waals surface area contributed by atoms with Gasteiger partial charge >= 0.3 is 0 Å². The van der Waals surface area contributed by atoms with Gasteiger partial charge in [-0.25, -0.2) is 0 Å². The van der Waals surface area contributed by atoms with Crippen molar-refractivity contribution in [3.8, 4) is 0 Å². The van der Waals surface area contributed by atoms with Crippen molar-refractivity contribution in [1.82, 2.24) is 0 Å². The van der Waals surface area contributed by atoms with Crippen LogP contribution in [0.5, 0.6) is 0 Å². The monoisotopic (exact) mass is 318 g/mol. The molecule has 0 aliphatic carbocycles. The van der Waals surface area contributed by atoms with Gasteiger partial charge in [0.1, 0.15) is 0 Å². The highest BCUT2D eigenvalue weighted by Gasteiger charge is 2.17. The van der Waals surface area contributed by atoms with Crippen molar-refractivity contribution in [3.05, 3.63) is 34.9 Å². The molecule has 0 spiro atoms. The van der Waals surface area contributed by atoms with Crippen LogP contribution in [-0.2, 0) is 4.32 Å². The first-order valence-electron chi connectivity index (χ1n) is 4.76. The van der Waals surface area contributed by atoms with Crippen LogP contribution in [0.3, 0.4) is 0 Å². The van der Waals surface area contributed by atoms with Crippen LogP contribution >= 0.6 is 31.9 Å². The highest BCUT2D eigenvalue weighted by Crippen LogP contribution is 2.33. The Labute approximate surface area is 103 Å². The highest BCUT2D eigenvalue weighted by molar-refractivity contribution is 9.09. The van der Waals surface area contributed by atoms with Gasteiger partial charge in [0.05, 0.1) is 0 Å². The van der Waals surface area contributed by atoms with E-state index in [-0.39, 0.29) is 4.32 Å². The molecule has 0 amide bonds. The molecule has 0 fully saturated rings. The summed E-state index contributed by atoms with van der Waals surface area (Å²) in [5.41, 5.74) is 3.99. The Balaban J connectivity index is 3.21. The quantitative estimate of drug-likeness (QED) is 0.667. The largest absolute Gasteiger partial charge is 0.0842 e. The third-order valence-electron chi connectivity index (χ3n) is 2.25. The molecule has 0 nitrogen and oxygen atoms in total. The zero-order valence-corrected chi connectivity index (χ0v) is 12.2. The van der Waals surface area contributed by atoms with Crippen molar-refractivity contribution in [2.24, 2.45) is 0 Å². The van der Waals surface area contributed by atoms with E-state index in [0.29, 0.717) is 4.83 Å². The second-order valence-electron chi connectivity index (χ2n) is 4.22. The first-order chi connectivity index (χ1) is 6.30. The van der Waals surface area contributed by atoms with Crippen molar-refractivity contribution < 1.29 is 0 Å². The van der Waals surface area contributed by atoms with E-state index in [1.165, 1.54) is 16.7 Å². The van der Waals surface area contributed by atoms with Crippen LogP contribution < -0.4 is 0 Å². The molecule has 1 atom stereocenters. The van der Waals surface area contributed by atoms with Crippen LogP contribution in [0.25, 0.3) is 0 Å². The second-order valence-corrected chi connectivity index (χ2v) is 7.58. The summed E-state index contributed by atoms with van der Waals surface area (Å²) in [6.07, 6.45) is 0. The fraction of sp³-hybridized carbons (Fsp3) is 0.500. The lowest BCUT2D eigenvalue weighted by Crippen LogP contribution is -2.07. The molecule has 78 valence electrons. The third-order valence-corrected chi connectivity index (χ3v) is 3.23. The van der Waals surface area contributed by atoms with Crippen LogP contribution in [0.15, 0.2) is 18.2 Å². The Morgan fingerprint density at radius 2 is 1.79 bits per heavy atom. The minimum absolute atomic E-state index is 0.0513. The van der Waals surface area contributed by atoms with Gasteiger partial charge in [-0.3, -0.25) is 0 Å². The number of rotatable bonds is 2. The molecule has 0 bridgehead atoms. The van der Waals surface area contributed by atoms with Gasteiger partial charge < -0.3 is 0 Å². The Morgan fingerprint density at radius 3 is 2.21 bits per heavy atom. The van der Waals surface area contributed by atoms with E-state index in [2.05, 4.69) is 77.8 Å². The molecule has 0 saturated heterocycles. The van der Waals surface area contributed by atoms with E-state index < -0.39 is 0 Å². The number of alkyl halides is 2. The SMILES string of the molecule is Cc1cc(C(C)Br)cc(C(C)(C)Br)c1. The molecule has 0 heterocycles. The van der Waals surface area contributed by atoms with Gasteiger partial charge in [-0.1, -0.05) is 55.6 Å². The Kier molecular flexibility index (Phi) is 3.81. The Morgan fingerprint density at radius 1 is 1.21 bits per heavy atom. The lowest BCUT2D eigenvalue weighted by molar-refractivity contribution is 0.798. The number of aryl methyl sites for hydroxylation is 1. The molecule has 0 saturated carbocycles. The summed E-state index contributed by atoms with van der Waals surface area (Å²) in [7, 11) is 0. The summed E-state index contributed by atoms with van der Waals surface area (Å²) in [4.78, 5) is 0.413. The zero-order chi connectivity index (χ0) is 10.9. The van der Waals surface area contributed by atoms with Crippen LogP contribution in [0.4, 0.5) is 0 Å². The molecule has 0 N–H and O–H groups in total. The molecule has 1 unspecified atom stereocenters. The average Bonchev–Trinajstić information content (AvgIpc) is 2.01. The molecule has 2 heteroatoms. The lowest BCUT2D eigenvalue weighted by atomic mass is 9.97. The highest BCUT2D eigenvalue weighted by atomic mass is 79.9. The van der Waals surface area contributed by atoms with Crippen molar-refractivity contribution in [2.75, 3.05) is 0 Å². The minimum atomic E-state index is 0.0513. The topological polar surface area (TPSA) is 0 Å². The first kappa shape index (κ1) is 12.3. The van der Waals surface area contributed by atoms with Gasteiger partial charge in [0.25, 0.3) is 0 Å². The zero-order valence-electron chi connectivity index (χ0n) is 9.07. The van der Waals surface area contributed by atoms with Gasteiger partial charge in [-0.15, -0.1) is 0 Å². The molecule has 0 aromatic heterocycles. The summed E-state index contributed by atoms with van der Waals surface area (Å²) in [5.74, 6) is 0. The first-order valence-corrected chi connectivity index (χ1v) is 6.46. The van der Waals surface area contributed by atoms with E-state index in [1.807, 2.05) is 0 Å². The maximum absolute atomic E-state index is 3.69. The van der Waals surface area contributed by atoms with E-state index in [1.54, 1.807) is 0 Å². The van der Waals surface area contributed by atoms with Gasteiger partial charge in [0.15, 0.2) is 0 Å². The third kappa shape index (κ3) is 3.09. The molecule has 0 radical (unpaired) electrons. The maximum Gasteiger partial charge on any atom is 0.0450 e. The van der Waals surface area contributed by atoms with Gasteiger partial charge in [0, 0.05) is 9.15 Å². The summed E-state index contributed by atoms with van der Waals surface area (Å²) >= 11 is 7.29. The Bertz CT molecular complexity index is 322. The van der Waals surface area contributed by atoms with Crippen LogP contribution in [0, 0.1) is 6.92 Å². The fourth-order valence-electron chi connectivity index (χ4n) is 1.39. The minimum Gasteiger partial charge on any atom is -0.0842 e. The lowest BCUT2D eigenvalue weighted by Gasteiger charge is -2.19. The van der Waals surface area contributed by atoms with Crippen molar-refractivity contribution in [2.45, 2.75) is 36.8 Å².